The average molecular weight is 483 g/mol. The van der Waals surface area contributed by atoms with Crippen LogP contribution in [-0.4, -0.2) is 23.4 Å². The van der Waals surface area contributed by atoms with Crippen LogP contribution in [-0.2, 0) is 5.41 Å². The van der Waals surface area contributed by atoms with Crippen molar-refractivity contribution in [3.63, 3.8) is 0 Å². The third kappa shape index (κ3) is 3.93. The van der Waals surface area contributed by atoms with Crippen LogP contribution in [0.5, 0.6) is 11.5 Å². The van der Waals surface area contributed by atoms with Crippen LogP contribution >= 0.6 is 0 Å². The summed E-state index contributed by atoms with van der Waals surface area (Å²) in [6.45, 7) is 9.06. The Balaban J connectivity index is 1.65. The SMILES string of the molecule is COc1ccc(-n2c(C)cc(C3(c4cc(C)n(-c5ccc(OC)cc5)c4C)CCCCC3)c2C)cc1. The third-order valence-corrected chi connectivity index (χ3v) is 8.26. The number of methoxy groups -OCH3 is 2. The molecule has 1 aliphatic carbocycles. The van der Waals surface area contributed by atoms with E-state index in [2.05, 4.69) is 73.2 Å². The first kappa shape index (κ1) is 24.3. The lowest BCUT2D eigenvalue weighted by Crippen LogP contribution is -2.31. The van der Waals surface area contributed by atoms with E-state index in [4.69, 9.17) is 9.47 Å². The standard InChI is InChI=1S/C32H38N2O2/c1-22-20-30(24(3)33(22)26-10-14-28(35-5)15-11-26)32(18-8-7-9-19-32)31-21-23(2)34(25(31)4)27-12-16-29(36-6)17-13-27/h10-17,20-21H,7-9,18-19H2,1-6H3. The average Bonchev–Trinajstić information content (AvgIpc) is 3.39. The number of hydrogen-bond acceptors (Lipinski definition) is 2. The number of aryl methyl sites for hydroxylation is 2. The summed E-state index contributed by atoms with van der Waals surface area (Å²) in [6, 6.07) is 21.7. The first-order chi connectivity index (χ1) is 17.4. The third-order valence-electron chi connectivity index (χ3n) is 8.26. The molecule has 0 N–H and O–H groups in total. The molecule has 0 atom stereocenters. The van der Waals surface area contributed by atoms with Gasteiger partial charge in [-0.1, -0.05) is 19.3 Å². The molecule has 36 heavy (non-hydrogen) atoms. The topological polar surface area (TPSA) is 28.3 Å². The monoisotopic (exact) mass is 482 g/mol. The Kier molecular flexibility index (Phi) is 6.46. The van der Waals surface area contributed by atoms with Gasteiger partial charge in [-0.2, -0.15) is 0 Å². The Morgan fingerprint density at radius 1 is 0.583 bits per heavy atom. The van der Waals surface area contributed by atoms with E-state index in [1.54, 1.807) is 14.2 Å². The van der Waals surface area contributed by atoms with Crippen molar-refractivity contribution in [1.82, 2.24) is 9.13 Å². The minimum atomic E-state index is 0.0252. The highest BCUT2D eigenvalue weighted by atomic mass is 16.5. The first-order valence-corrected chi connectivity index (χ1v) is 13.1. The van der Waals surface area contributed by atoms with Crippen molar-refractivity contribution in [2.24, 2.45) is 0 Å². The highest BCUT2D eigenvalue weighted by molar-refractivity contribution is 5.53. The van der Waals surface area contributed by atoms with Gasteiger partial charge in [-0.15, -0.1) is 0 Å². The van der Waals surface area contributed by atoms with Crippen molar-refractivity contribution in [3.8, 4) is 22.9 Å². The number of nitrogens with zero attached hydrogens (tertiary/aromatic N) is 2. The summed E-state index contributed by atoms with van der Waals surface area (Å²) in [7, 11) is 3.43. The Hall–Kier alpha value is -3.40. The molecule has 188 valence electrons. The summed E-state index contributed by atoms with van der Waals surface area (Å²) in [5, 5.41) is 0. The van der Waals surface area contributed by atoms with Crippen LogP contribution in [0.2, 0.25) is 0 Å². The van der Waals surface area contributed by atoms with Crippen molar-refractivity contribution >= 4 is 0 Å². The molecule has 2 aromatic heterocycles. The highest BCUT2D eigenvalue weighted by Crippen LogP contribution is 2.49. The lowest BCUT2D eigenvalue weighted by Gasteiger charge is -2.38. The van der Waals surface area contributed by atoms with E-state index in [1.807, 2.05) is 24.3 Å². The minimum absolute atomic E-state index is 0.0252. The van der Waals surface area contributed by atoms with E-state index in [-0.39, 0.29) is 5.41 Å². The molecule has 0 radical (unpaired) electrons. The molecule has 0 unspecified atom stereocenters. The zero-order chi connectivity index (χ0) is 25.4. The molecular formula is C32H38N2O2. The number of rotatable bonds is 6. The number of hydrogen-bond donors (Lipinski definition) is 0. The number of benzene rings is 2. The molecule has 2 aromatic carbocycles. The van der Waals surface area contributed by atoms with Gasteiger partial charge in [0.05, 0.1) is 14.2 Å². The Morgan fingerprint density at radius 2 is 0.972 bits per heavy atom. The van der Waals surface area contributed by atoms with Gasteiger partial charge in [0.1, 0.15) is 11.5 Å². The molecule has 4 heteroatoms. The van der Waals surface area contributed by atoms with Gasteiger partial charge >= 0.3 is 0 Å². The zero-order valence-corrected chi connectivity index (χ0v) is 22.5. The lowest BCUT2D eigenvalue weighted by molar-refractivity contribution is 0.343. The zero-order valence-electron chi connectivity index (χ0n) is 22.5. The van der Waals surface area contributed by atoms with Crippen molar-refractivity contribution in [2.75, 3.05) is 14.2 Å². The van der Waals surface area contributed by atoms with E-state index >= 15 is 0 Å². The van der Waals surface area contributed by atoms with Crippen LogP contribution in [0.4, 0.5) is 0 Å². The normalized spacial score (nSPS) is 15.2. The van der Waals surface area contributed by atoms with Crippen LogP contribution in [0.25, 0.3) is 11.4 Å². The molecule has 0 saturated heterocycles. The van der Waals surface area contributed by atoms with Crippen LogP contribution in [0.3, 0.4) is 0 Å². The molecule has 5 rings (SSSR count). The van der Waals surface area contributed by atoms with Crippen LogP contribution in [0.1, 0.15) is 66.0 Å². The molecule has 1 aliphatic rings. The largest absolute Gasteiger partial charge is 0.497 e. The van der Waals surface area contributed by atoms with E-state index in [1.165, 1.54) is 77.4 Å². The lowest BCUT2D eigenvalue weighted by atomic mass is 9.65. The molecule has 4 aromatic rings. The highest BCUT2D eigenvalue weighted by Gasteiger charge is 2.40. The van der Waals surface area contributed by atoms with Crippen molar-refractivity contribution < 1.29 is 9.47 Å². The van der Waals surface area contributed by atoms with Crippen molar-refractivity contribution in [3.05, 3.63) is 94.6 Å². The van der Waals surface area contributed by atoms with Gasteiger partial charge in [0, 0.05) is 39.6 Å². The minimum Gasteiger partial charge on any atom is -0.497 e. The predicted molar refractivity (Wildman–Crippen MR) is 147 cm³/mol. The van der Waals surface area contributed by atoms with E-state index in [0.717, 1.165) is 11.5 Å². The number of aromatic nitrogens is 2. The molecule has 0 amide bonds. The molecule has 0 aliphatic heterocycles. The van der Waals surface area contributed by atoms with Gasteiger partial charge in [0.25, 0.3) is 0 Å². The molecule has 2 heterocycles. The smallest absolute Gasteiger partial charge is 0.119 e. The van der Waals surface area contributed by atoms with Gasteiger partial charge < -0.3 is 18.6 Å². The first-order valence-electron chi connectivity index (χ1n) is 13.1. The second-order valence-electron chi connectivity index (χ2n) is 10.3. The summed E-state index contributed by atoms with van der Waals surface area (Å²) < 4.78 is 15.6. The molecular weight excluding hydrogens is 444 g/mol. The van der Waals surface area contributed by atoms with Crippen LogP contribution < -0.4 is 9.47 Å². The van der Waals surface area contributed by atoms with Gasteiger partial charge in [-0.3, -0.25) is 0 Å². The van der Waals surface area contributed by atoms with Gasteiger partial charge in [-0.25, -0.2) is 0 Å². The molecule has 4 nitrogen and oxygen atoms in total. The summed E-state index contributed by atoms with van der Waals surface area (Å²) in [5.41, 5.74) is 10.6. The second kappa shape index (κ2) is 9.57. The molecule has 0 spiro atoms. The Morgan fingerprint density at radius 3 is 1.33 bits per heavy atom. The fourth-order valence-electron chi connectivity index (χ4n) is 6.59. The second-order valence-corrected chi connectivity index (χ2v) is 10.3. The van der Waals surface area contributed by atoms with Gasteiger partial charge in [0.2, 0.25) is 0 Å². The van der Waals surface area contributed by atoms with Gasteiger partial charge in [0.15, 0.2) is 0 Å². The maximum Gasteiger partial charge on any atom is 0.119 e. The van der Waals surface area contributed by atoms with Crippen LogP contribution in [0.15, 0.2) is 60.7 Å². The van der Waals surface area contributed by atoms with Gasteiger partial charge in [-0.05, 0) is 112 Å². The summed E-state index contributed by atoms with van der Waals surface area (Å²) in [4.78, 5) is 0. The van der Waals surface area contributed by atoms with E-state index in [0.29, 0.717) is 0 Å². The van der Waals surface area contributed by atoms with E-state index in [9.17, 15) is 0 Å². The van der Waals surface area contributed by atoms with E-state index < -0.39 is 0 Å². The molecule has 1 saturated carbocycles. The maximum absolute atomic E-state index is 5.40. The Bertz CT molecular complexity index is 1250. The molecule has 0 bridgehead atoms. The van der Waals surface area contributed by atoms with Crippen LogP contribution in [0, 0.1) is 27.7 Å². The Labute approximate surface area is 215 Å². The summed E-state index contributed by atoms with van der Waals surface area (Å²) in [5.74, 6) is 1.77. The fourth-order valence-corrected chi connectivity index (χ4v) is 6.59. The number of ether oxygens (including phenoxy) is 2. The maximum atomic E-state index is 5.40. The summed E-state index contributed by atoms with van der Waals surface area (Å²) in [6.07, 6.45) is 6.21. The molecule has 1 fully saturated rings. The quantitative estimate of drug-likeness (QED) is 0.281. The fraction of sp³-hybridized carbons (Fsp3) is 0.375. The van der Waals surface area contributed by atoms with Crippen molar-refractivity contribution in [1.29, 1.82) is 0 Å². The predicted octanol–water partition coefficient (Wildman–Crippen LogP) is 7.77. The summed E-state index contributed by atoms with van der Waals surface area (Å²) >= 11 is 0. The van der Waals surface area contributed by atoms with Crippen molar-refractivity contribution in [2.45, 2.75) is 65.2 Å².